The van der Waals surface area contributed by atoms with E-state index in [2.05, 4.69) is 35.2 Å². The van der Waals surface area contributed by atoms with Gasteiger partial charge in [-0.25, -0.2) is 9.18 Å². The van der Waals surface area contributed by atoms with Crippen LogP contribution in [0.5, 0.6) is 0 Å². The van der Waals surface area contributed by atoms with Crippen molar-refractivity contribution in [3.63, 3.8) is 0 Å². The molecule has 3 aromatic rings. The van der Waals surface area contributed by atoms with E-state index in [0.717, 1.165) is 54.6 Å². The van der Waals surface area contributed by atoms with E-state index in [9.17, 15) is 9.18 Å². The van der Waals surface area contributed by atoms with Gasteiger partial charge in [0.15, 0.2) is 0 Å². The van der Waals surface area contributed by atoms with E-state index >= 15 is 0 Å². The molecule has 1 aliphatic rings. The van der Waals surface area contributed by atoms with Gasteiger partial charge in [0, 0.05) is 22.6 Å². The maximum absolute atomic E-state index is 13.6. The van der Waals surface area contributed by atoms with Gasteiger partial charge in [0.25, 0.3) is 0 Å². The smallest absolute Gasteiger partial charge is 0.329 e. The monoisotopic (exact) mass is 468 g/mol. The Hall–Kier alpha value is -2.64. The lowest BCUT2D eigenvalue weighted by atomic mass is 9.82. The van der Waals surface area contributed by atoms with Crippen LogP contribution in [0.4, 0.5) is 4.39 Å². The molecule has 0 spiro atoms. The summed E-state index contributed by atoms with van der Waals surface area (Å²) in [6.45, 7) is 1.09. The van der Waals surface area contributed by atoms with Gasteiger partial charge in [-0.05, 0) is 85.7 Å². The first-order chi connectivity index (χ1) is 16.0. The highest BCUT2D eigenvalue weighted by atomic mass is 32.2. The van der Waals surface area contributed by atoms with Crippen molar-refractivity contribution in [2.45, 2.75) is 37.1 Å². The van der Waals surface area contributed by atoms with Crippen LogP contribution in [0.2, 0.25) is 0 Å². The Labute approximate surface area is 198 Å². The predicted octanol–water partition coefficient (Wildman–Crippen LogP) is 5.99. The van der Waals surface area contributed by atoms with Gasteiger partial charge in [-0.1, -0.05) is 12.1 Å². The molecule has 0 amide bonds. The van der Waals surface area contributed by atoms with Crippen LogP contribution in [0, 0.1) is 17.7 Å². The minimum absolute atomic E-state index is 0.227. The fraction of sp³-hybridized carbons (Fsp3) is 0.385. The van der Waals surface area contributed by atoms with Crippen molar-refractivity contribution in [3.05, 3.63) is 60.5 Å². The number of rotatable bonds is 9. The van der Waals surface area contributed by atoms with E-state index in [1.165, 1.54) is 17.0 Å². The van der Waals surface area contributed by atoms with Gasteiger partial charge in [0.2, 0.25) is 0 Å². The Balaban J connectivity index is 1.53. The minimum atomic E-state index is -0.922. The van der Waals surface area contributed by atoms with Gasteiger partial charge >= 0.3 is 5.97 Å². The fourth-order valence-corrected chi connectivity index (χ4v) is 5.04. The summed E-state index contributed by atoms with van der Waals surface area (Å²) >= 11 is 1.70. The normalized spacial score (nSPS) is 18.4. The Morgan fingerprint density at radius 2 is 1.85 bits per heavy atom. The molecule has 1 saturated carbocycles. The SMILES string of the molecule is CSc1cccc(-c2cnn(CC3CCC(COCC(=O)O)CC3)c2-c2ccc(F)cc2)c1. The van der Waals surface area contributed by atoms with E-state index in [1.807, 2.05) is 18.3 Å². The van der Waals surface area contributed by atoms with Gasteiger partial charge in [-0.3, -0.25) is 4.68 Å². The first kappa shape index (κ1) is 23.5. The molecule has 7 heteroatoms. The van der Waals surface area contributed by atoms with Crippen molar-refractivity contribution in [2.24, 2.45) is 11.8 Å². The van der Waals surface area contributed by atoms with E-state index < -0.39 is 5.97 Å². The third-order valence-corrected chi connectivity index (χ3v) is 7.04. The fourth-order valence-electron chi connectivity index (χ4n) is 4.58. The quantitative estimate of drug-likeness (QED) is 0.391. The van der Waals surface area contributed by atoms with Crippen LogP contribution in [-0.4, -0.2) is 40.3 Å². The summed E-state index contributed by atoms with van der Waals surface area (Å²) in [5.41, 5.74) is 4.12. The lowest BCUT2D eigenvalue weighted by molar-refractivity contribution is -0.142. The number of hydrogen-bond acceptors (Lipinski definition) is 4. The molecule has 0 saturated heterocycles. The number of aromatic nitrogens is 2. The molecular formula is C26H29FN2O3S. The number of carboxylic acids is 1. The second kappa shape index (κ2) is 11.0. The average molecular weight is 469 g/mol. The van der Waals surface area contributed by atoms with Crippen molar-refractivity contribution in [2.75, 3.05) is 19.5 Å². The van der Waals surface area contributed by atoms with E-state index in [0.29, 0.717) is 18.4 Å². The molecule has 5 nitrogen and oxygen atoms in total. The summed E-state index contributed by atoms with van der Waals surface area (Å²) < 4.78 is 21.0. The van der Waals surface area contributed by atoms with Crippen LogP contribution >= 0.6 is 11.8 Å². The third-order valence-electron chi connectivity index (χ3n) is 6.31. The summed E-state index contributed by atoms with van der Waals surface area (Å²) in [6, 6.07) is 15.0. The number of halogens is 1. The molecule has 33 heavy (non-hydrogen) atoms. The topological polar surface area (TPSA) is 64.4 Å². The third kappa shape index (κ3) is 6.03. The Bertz CT molecular complexity index is 1080. The van der Waals surface area contributed by atoms with Crippen molar-refractivity contribution in [1.82, 2.24) is 9.78 Å². The Morgan fingerprint density at radius 1 is 1.12 bits per heavy atom. The highest BCUT2D eigenvalue weighted by molar-refractivity contribution is 7.98. The van der Waals surface area contributed by atoms with Crippen molar-refractivity contribution >= 4 is 17.7 Å². The largest absolute Gasteiger partial charge is 0.480 e. The van der Waals surface area contributed by atoms with Crippen LogP contribution in [0.15, 0.2) is 59.6 Å². The molecule has 1 fully saturated rings. The van der Waals surface area contributed by atoms with E-state index in [4.69, 9.17) is 14.9 Å². The standard InChI is InChI=1S/C26H29FN2O3S/c1-33-23-4-2-3-21(13-23)24-14-28-29(26(24)20-9-11-22(27)12-10-20)15-18-5-7-19(8-6-18)16-32-17-25(30)31/h2-4,9-14,18-19H,5-8,15-17H2,1H3,(H,30,31). The molecule has 0 atom stereocenters. The van der Waals surface area contributed by atoms with Crippen LogP contribution in [-0.2, 0) is 16.1 Å². The van der Waals surface area contributed by atoms with Crippen molar-refractivity contribution < 1.29 is 19.0 Å². The van der Waals surface area contributed by atoms with Gasteiger partial charge in [-0.2, -0.15) is 5.10 Å². The molecule has 4 rings (SSSR count). The molecule has 0 unspecified atom stereocenters. The van der Waals surface area contributed by atoms with Gasteiger partial charge < -0.3 is 9.84 Å². The zero-order valence-electron chi connectivity index (χ0n) is 18.7. The molecule has 174 valence electrons. The van der Waals surface area contributed by atoms with Gasteiger partial charge in [-0.15, -0.1) is 11.8 Å². The maximum Gasteiger partial charge on any atom is 0.329 e. The van der Waals surface area contributed by atoms with Crippen LogP contribution in [0.25, 0.3) is 22.4 Å². The van der Waals surface area contributed by atoms with Crippen molar-refractivity contribution in [1.29, 1.82) is 0 Å². The van der Waals surface area contributed by atoms with Crippen molar-refractivity contribution in [3.8, 4) is 22.4 Å². The summed E-state index contributed by atoms with van der Waals surface area (Å²) in [4.78, 5) is 11.8. The average Bonchev–Trinajstić information content (AvgIpc) is 3.24. The van der Waals surface area contributed by atoms with Crippen LogP contribution < -0.4 is 0 Å². The zero-order chi connectivity index (χ0) is 23.2. The lowest BCUT2D eigenvalue weighted by Crippen LogP contribution is -2.23. The zero-order valence-corrected chi connectivity index (χ0v) is 19.6. The highest BCUT2D eigenvalue weighted by Crippen LogP contribution is 2.36. The maximum atomic E-state index is 13.6. The van der Waals surface area contributed by atoms with E-state index in [-0.39, 0.29) is 12.4 Å². The Kier molecular flexibility index (Phi) is 7.83. The highest BCUT2D eigenvalue weighted by Gasteiger charge is 2.24. The molecule has 1 heterocycles. The number of hydrogen-bond donors (Lipinski definition) is 1. The van der Waals surface area contributed by atoms with Gasteiger partial charge in [0.05, 0.1) is 18.5 Å². The second-order valence-corrected chi connectivity index (χ2v) is 9.50. The van der Waals surface area contributed by atoms with E-state index in [1.54, 1.807) is 11.8 Å². The first-order valence-corrected chi connectivity index (χ1v) is 12.5. The molecule has 0 radical (unpaired) electrons. The molecule has 0 aliphatic heterocycles. The second-order valence-electron chi connectivity index (χ2n) is 8.62. The Morgan fingerprint density at radius 3 is 2.55 bits per heavy atom. The number of ether oxygens (including phenoxy) is 1. The van der Waals surface area contributed by atoms with Crippen LogP contribution in [0.3, 0.4) is 0 Å². The number of thioether (sulfide) groups is 1. The predicted molar refractivity (Wildman–Crippen MR) is 129 cm³/mol. The molecule has 2 aromatic carbocycles. The lowest BCUT2D eigenvalue weighted by Gasteiger charge is -2.28. The molecular weight excluding hydrogens is 439 g/mol. The number of carbonyl (C=O) groups is 1. The molecule has 0 bridgehead atoms. The van der Waals surface area contributed by atoms with Gasteiger partial charge in [0.1, 0.15) is 12.4 Å². The summed E-state index contributed by atoms with van der Waals surface area (Å²) in [5.74, 6) is -0.265. The molecule has 1 aliphatic carbocycles. The number of aliphatic carboxylic acids is 1. The summed E-state index contributed by atoms with van der Waals surface area (Å²) in [5, 5.41) is 13.5. The number of benzene rings is 2. The number of carboxylic acid groups (broad SMARTS) is 1. The number of nitrogens with zero attached hydrogens (tertiary/aromatic N) is 2. The molecule has 1 N–H and O–H groups in total. The summed E-state index contributed by atoms with van der Waals surface area (Å²) in [6.07, 6.45) is 8.15. The van der Waals surface area contributed by atoms with Crippen LogP contribution in [0.1, 0.15) is 25.7 Å². The first-order valence-electron chi connectivity index (χ1n) is 11.3. The molecule has 1 aromatic heterocycles. The summed E-state index contributed by atoms with van der Waals surface area (Å²) in [7, 11) is 0. The minimum Gasteiger partial charge on any atom is -0.480 e.